The molecule has 0 atom stereocenters. The van der Waals surface area contributed by atoms with Crippen LogP contribution in [0.3, 0.4) is 0 Å². The number of aryl methyl sites for hydroxylation is 1. The first-order valence-corrected chi connectivity index (χ1v) is 7.43. The van der Waals surface area contributed by atoms with Gasteiger partial charge in [-0.1, -0.05) is 30.3 Å². The van der Waals surface area contributed by atoms with E-state index in [1.165, 1.54) is 16.0 Å². The van der Waals surface area contributed by atoms with Gasteiger partial charge in [0.25, 0.3) is 0 Å². The quantitative estimate of drug-likeness (QED) is 0.821. The summed E-state index contributed by atoms with van der Waals surface area (Å²) in [4.78, 5) is 1.33. The number of hydrogen-bond acceptors (Lipinski definition) is 3. The van der Waals surface area contributed by atoms with Crippen molar-refractivity contribution in [1.82, 2.24) is 0 Å². The molecule has 0 radical (unpaired) electrons. The standard InChI is InChI=1S/C16H16N2S/c1-12-5-4-6-13(11-12)17-18-15-9-10-19-16-8-3-2-7-14(15)16/h2-8,11,17H,9-10H2,1H3. The lowest BCUT2D eigenvalue weighted by atomic mass is 10.1. The van der Waals surface area contributed by atoms with E-state index in [4.69, 9.17) is 0 Å². The number of nitrogens with one attached hydrogen (secondary N) is 1. The van der Waals surface area contributed by atoms with Crippen LogP contribution in [0.25, 0.3) is 0 Å². The molecule has 19 heavy (non-hydrogen) atoms. The molecule has 0 aliphatic carbocycles. The summed E-state index contributed by atoms with van der Waals surface area (Å²) in [7, 11) is 0. The number of benzene rings is 2. The van der Waals surface area contributed by atoms with Crippen LogP contribution in [-0.2, 0) is 0 Å². The molecule has 0 fully saturated rings. The van der Waals surface area contributed by atoms with Crippen LogP contribution in [0.15, 0.2) is 58.5 Å². The van der Waals surface area contributed by atoms with Crippen LogP contribution in [0.2, 0.25) is 0 Å². The minimum atomic E-state index is 1.01. The molecule has 1 aliphatic heterocycles. The fourth-order valence-corrected chi connectivity index (χ4v) is 3.22. The molecule has 0 saturated carbocycles. The second-order valence-corrected chi connectivity index (χ2v) is 5.77. The first kappa shape index (κ1) is 12.3. The van der Waals surface area contributed by atoms with Gasteiger partial charge in [0.2, 0.25) is 0 Å². The van der Waals surface area contributed by atoms with Gasteiger partial charge in [-0.05, 0) is 30.7 Å². The summed E-state index contributed by atoms with van der Waals surface area (Å²) in [5, 5.41) is 4.59. The van der Waals surface area contributed by atoms with Crippen LogP contribution in [0.5, 0.6) is 0 Å². The van der Waals surface area contributed by atoms with Crippen molar-refractivity contribution in [3.8, 4) is 0 Å². The number of anilines is 1. The van der Waals surface area contributed by atoms with Gasteiger partial charge in [0.1, 0.15) is 0 Å². The van der Waals surface area contributed by atoms with Gasteiger partial charge in [-0.3, -0.25) is 5.43 Å². The molecular weight excluding hydrogens is 252 g/mol. The van der Waals surface area contributed by atoms with Crippen LogP contribution in [0, 0.1) is 6.92 Å². The summed E-state index contributed by atoms with van der Waals surface area (Å²) in [5.74, 6) is 1.10. The summed E-state index contributed by atoms with van der Waals surface area (Å²) in [5.41, 5.74) is 7.87. The summed E-state index contributed by atoms with van der Waals surface area (Å²) in [6.07, 6.45) is 1.01. The fraction of sp³-hybridized carbons (Fsp3) is 0.188. The van der Waals surface area contributed by atoms with Gasteiger partial charge in [0, 0.05) is 22.6 Å². The van der Waals surface area contributed by atoms with E-state index in [2.05, 4.69) is 53.8 Å². The maximum absolute atomic E-state index is 4.59. The van der Waals surface area contributed by atoms with Crippen LogP contribution >= 0.6 is 11.8 Å². The largest absolute Gasteiger partial charge is 0.278 e. The molecule has 96 valence electrons. The van der Waals surface area contributed by atoms with Gasteiger partial charge in [0.15, 0.2) is 0 Å². The second kappa shape index (κ2) is 5.49. The normalized spacial score (nSPS) is 16.2. The summed E-state index contributed by atoms with van der Waals surface area (Å²) >= 11 is 1.91. The zero-order chi connectivity index (χ0) is 13.1. The van der Waals surface area contributed by atoms with Gasteiger partial charge < -0.3 is 0 Å². The third-order valence-electron chi connectivity index (χ3n) is 3.13. The number of thioether (sulfide) groups is 1. The van der Waals surface area contributed by atoms with Gasteiger partial charge in [-0.2, -0.15) is 5.10 Å². The summed E-state index contributed by atoms with van der Waals surface area (Å²) in [6.45, 7) is 2.09. The first-order valence-electron chi connectivity index (χ1n) is 6.44. The highest BCUT2D eigenvalue weighted by Crippen LogP contribution is 2.30. The molecule has 0 amide bonds. The second-order valence-electron chi connectivity index (χ2n) is 4.63. The SMILES string of the molecule is Cc1cccc(NN=C2CCSc3ccccc32)c1. The molecule has 0 bridgehead atoms. The Morgan fingerprint density at radius 1 is 1.11 bits per heavy atom. The molecule has 3 heteroatoms. The molecule has 0 saturated heterocycles. The smallest absolute Gasteiger partial charge is 0.0699 e. The molecule has 2 nitrogen and oxygen atoms in total. The Kier molecular flexibility index (Phi) is 3.56. The maximum Gasteiger partial charge on any atom is 0.0699 e. The minimum Gasteiger partial charge on any atom is -0.278 e. The maximum atomic E-state index is 4.59. The highest BCUT2D eigenvalue weighted by molar-refractivity contribution is 7.99. The molecule has 2 aromatic carbocycles. The van der Waals surface area contributed by atoms with E-state index in [1.807, 2.05) is 23.9 Å². The fourth-order valence-electron chi connectivity index (χ4n) is 2.19. The number of nitrogens with zero attached hydrogens (tertiary/aromatic N) is 1. The average molecular weight is 268 g/mol. The van der Waals surface area contributed by atoms with Crippen molar-refractivity contribution >= 4 is 23.2 Å². The molecule has 2 aromatic rings. The van der Waals surface area contributed by atoms with Gasteiger partial charge in [-0.25, -0.2) is 0 Å². The van der Waals surface area contributed by atoms with Crippen LogP contribution < -0.4 is 5.43 Å². The molecule has 0 unspecified atom stereocenters. The lowest BCUT2D eigenvalue weighted by molar-refractivity contribution is 1.18. The van der Waals surface area contributed by atoms with Crippen LogP contribution in [0.4, 0.5) is 5.69 Å². The van der Waals surface area contributed by atoms with E-state index in [-0.39, 0.29) is 0 Å². The monoisotopic (exact) mass is 268 g/mol. The molecule has 0 spiro atoms. The Balaban J connectivity index is 1.85. The van der Waals surface area contributed by atoms with Gasteiger partial charge in [0.05, 0.1) is 11.4 Å². The minimum absolute atomic E-state index is 1.01. The molecule has 0 aromatic heterocycles. The Labute approximate surface area is 117 Å². The predicted molar refractivity (Wildman–Crippen MR) is 83.1 cm³/mol. The third-order valence-corrected chi connectivity index (χ3v) is 4.21. The molecule has 1 N–H and O–H groups in total. The van der Waals surface area contributed by atoms with Crippen LogP contribution in [0.1, 0.15) is 17.5 Å². The number of hydrogen-bond donors (Lipinski definition) is 1. The van der Waals surface area contributed by atoms with Crippen molar-refractivity contribution in [3.05, 3.63) is 59.7 Å². The molecule has 3 rings (SSSR count). The predicted octanol–water partition coefficient (Wildman–Crippen LogP) is 4.31. The Morgan fingerprint density at radius 3 is 2.89 bits per heavy atom. The van der Waals surface area contributed by atoms with Crippen molar-refractivity contribution in [3.63, 3.8) is 0 Å². The van der Waals surface area contributed by atoms with Crippen molar-refractivity contribution in [2.24, 2.45) is 5.10 Å². The van der Waals surface area contributed by atoms with Crippen molar-refractivity contribution in [2.45, 2.75) is 18.2 Å². The molecule has 1 heterocycles. The van der Waals surface area contributed by atoms with Crippen molar-refractivity contribution in [1.29, 1.82) is 0 Å². The summed E-state index contributed by atoms with van der Waals surface area (Å²) in [6, 6.07) is 16.8. The van der Waals surface area contributed by atoms with E-state index < -0.39 is 0 Å². The van der Waals surface area contributed by atoms with E-state index in [0.717, 1.165) is 23.6 Å². The van der Waals surface area contributed by atoms with E-state index in [1.54, 1.807) is 0 Å². The van der Waals surface area contributed by atoms with E-state index in [9.17, 15) is 0 Å². The highest BCUT2D eigenvalue weighted by Gasteiger charge is 2.15. The average Bonchev–Trinajstić information content (AvgIpc) is 2.45. The van der Waals surface area contributed by atoms with Crippen molar-refractivity contribution < 1.29 is 0 Å². The Bertz CT molecular complexity index is 620. The molecule has 1 aliphatic rings. The number of hydrazone groups is 1. The van der Waals surface area contributed by atoms with Gasteiger partial charge in [-0.15, -0.1) is 11.8 Å². The van der Waals surface area contributed by atoms with E-state index in [0.29, 0.717) is 0 Å². The lowest BCUT2D eigenvalue weighted by Crippen LogP contribution is -2.11. The Hall–Kier alpha value is -1.74. The molecular formula is C16H16N2S. The van der Waals surface area contributed by atoms with E-state index >= 15 is 0 Å². The number of rotatable bonds is 2. The highest BCUT2D eigenvalue weighted by atomic mass is 32.2. The zero-order valence-electron chi connectivity index (χ0n) is 10.9. The lowest BCUT2D eigenvalue weighted by Gasteiger charge is -2.17. The topological polar surface area (TPSA) is 24.4 Å². The van der Waals surface area contributed by atoms with Crippen LogP contribution in [-0.4, -0.2) is 11.5 Å². The third kappa shape index (κ3) is 2.82. The zero-order valence-corrected chi connectivity index (χ0v) is 11.7. The van der Waals surface area contributed by atoms with Gasteiger partial charge >= 0.3 is 0 Å². The van der Waals surface area contributed by atoms with Crippen molar-refractivity contribution in [2.75, 3.05) is 11.2 Å². The first-order chi connectivity index (χ1) is 9.33. The Morgan fingerprint density at radius 2 is 2.00 bits per heavy atom. The summed E-state index contributed by atoms with van der Waals surface area (Å²) < 4.78 is 0. The number of fused-ring (bicyclic) bond motifs is 1.